The van der Waals surface area contributed by atoms with Crippen LogP contribution in [0.2, 0.25) is 0 Å². The Bertz CT molecular complexity index is 699. The first-order valence-electron chi connectivity index (χ1n) is 7.78. The first-order valence-corrected chi connectivity index (χ1v) is 7.78. The van der Waals surface area contributed by atoms with Crippen molar-refractivity contribution in [1.82, 2.24) is 0 Å². The largest absolute Gasteiger partial charge is 0.326 e. The molecule has 114 valence electrons. The third kappa shape index (κ3) is 4.07. The molecule has 0 unspecified atom stereocenters. The molecule has 0 aliphatic heterocycles. The van der Waals surface area contributed by atoms with Gasteiger partial charge < -0.3 is 5.32 Å². The summed E-state index contributed by atoms with van der Waals surface area (Å²) < 4.78 is 0. The van der Waals surface area contributed by atoms with Crippen LogP contribution in [0.1, 0.15) is 23.5 Å². The van der Waals surface area contributed by atoms with Crippen molar-refractivity contribution >= 4 is 11.6 Å². The van der Waals surface area contributed by atoms with Gasteiger partial charge in [0.25, 0.3) is 0 Å². The molecule has 2 heteroatoms. The lowest BCUT2D eigenvalue weighted by atomic mass is 9.88. The van der Waals surface area contributed by atoms with E-state index in [-0.39, 0.29) is 11.8 Å². The normalized spacial score (nSPS) is 10.5. The van der Waals surface area contributed by atoms with Crippen LogP contribution in [0.15, 0.2) is 91.0 Å². The highest BCUT2D eigenvalue weighted by Crippen LogP contribution is 2.28. The smallest absolute Gasteiger partial charge is 0.225 e. The summed E-state index contributed by atoms with van der Waals surface area (Å²) in [6.45, 7) is 0. The van der Waals surface area contributed by atoms with E-state index in [1.807, 2.05) is 66.7 Å². The average Bonchev–Trinajstić information content (AvgIpc) is 2.62. The Labute approximate surface area is 136 Å². The van der Waals surface area contributed by atoms with Crippen LogP contribution in [0.5, 0.6) is 0 Å². The number of amides is 1. The Morgan fingerprint density at radius 2 is 1.13 bits per heavy atom. The second-order valence-corrected chi connectivity index (χ2v) is 5.49. The molecule has 0 fully saturated rings. The van der Waals surface area contributed by atoms with Gasteiger partial charge in [0.1, 0.15) is 0 Å². The van der Waals surface area contributed by atoms with Gasteiger partial charge in [-0.1, -0.05) is 78.9 Å². The van der Waals surface area contributed by atoms with Crippen LogP contribution in [0.4, 0.5) is 5.69 Å². The maximum Gasteiger partial charge on any atom is 0.225 e. The van der Waals surface area contributed by atoms with Crippen LogP contribution in [0.3, 0.4) is 0 Å². The number of carbonyl (C=O) groups excluding carboxylic acids is 1. The number of para-hydroxylation sites is 1. The number of benzene rings is 3. The molecule has 0 radical (unpaired) electrons. The number of nitrogens with one attached hydrogen (secondary N) is 1. The van der Waals surface area contributed by atoms with Crippen molar-refractivity contribution in [2.75, 3.05) is 5.32 Å². The third-order valence-corrected chi connectivity index (χ3v) is 3.85. The van der Waals surface area contributed by atoms with Crippen LogP contribution < -0.4 is 5.32 Å². The quantitative estimate of drug-likeness (QED) is 0.717. The summed E-state index contributed by atoms with van der Waals surface area (Å²) in [5.41, 5.74) is 3.14. The van der Waals surface area contributed by atoms with E-state index in [2.05, 4.69) is 29.6 Å². The van der Waals surface area contributed by atoms with E-state index in [9.17, 15) is 4.79 Å². The fourth-order valence-corrected chi connectivity index (χ4v) is 2.72. The second kappa shape index (κ2) is 7.41. The summed E-state index contributed by atoms with van der Waals surface area (Å²) >= 11 is 0. The van der Waals surface area contributed by atoms with Gasteiger partial charge in [0.05, 0.1) is 0 Å². The lowest BCUT2D eigenvalue weighted by Gasteiger charge is -2.18. The molecule has 3 rings (SSSR count). The standard InChI is InChI=1S/C21H19NO/c23-21(22-19-14-8-3-9-15-19)16-20(17-10-4-1-5-11-17)18-12-6-2-7-13-18/h1-15,20H,16H2,(H,22,23). The maximum absolute atomic E-state index is 12.5. The summed E-state index contributed by atoms with van der Waals surface area (Å²) in [5, 5.41) is 2.97. The molecule has 23 heavy (non-hydrogen) atoms. The predicted octanol–water partition coefficient (Wildman–Crippen LogP) is 4.85. The Hall–Kier alpha value is -2.87. The van der Waals surface area contributed by atoms with Gasteiger partial charge >= 0.3 is 0 Å². The molecule has 0 saturated heterocycles. The van der Waals surface area contributed by atoms with E-state index in [0.717, 1.165) is 16.8 Å². The fraction of sp³-hybridized carbons (Fsp3) is 0.0952. The van der Waals surface area contributed by atoms with Gasteiger partial charge in [-0.05, 0) is 23.3 Å². The zero-order chi connectivity index (χ0) is 15.9. The van der Waals surface area contributed by atoms with Gasteiger partial charge in [-0.25, -0.2) is 0 Å². The lowest BCUT2D eigenvalue weighted by molar-refractivity contribution is -0.116. The van der Waals surface area contributed by atoms with Gasteiger partial charge in [-0.15, -0.1) is 0 Å². The zero-order valence-electron chi connectivity index (χ0n) is 12.9. The van der Waals surface area contributed by atoms with E-state index in [1.165, 1.54) is 0 Å². The van der Waals surface area contributed by atoms with Gasteiger partial charge in [-0.3, -0.25) is 4.79 Å². The minimum Gasteiger partial charge on any atom is -0.326 e. The van der Waals surface area contributed by atoms with Gasteiger partial charge in [0, 0.05) is 18.0 Å². The minimum absolute atomic E-state index is 0.0221. The lowest BCUT2D eigenvalue weighted by Crippen LogP contribution is -2.16. The van der Waals surface area contributed by atoms with Crippen LogP contribution in [-0.4, -0.2) is 5.91 Å². The van der Waals surface area contributed by atoms with Crippen LogP contribution in [0, 0.1) is 0 Å². The van der Waals surface area contributed by atoms with E-state index < -0.39 is 0 Å². The predicted molar refractivity (Wildman–Crippen MR) is 94.4 cm³/mol. The monoisotopic (exact) mass is 301 g/mol. The molecule has 0 aromatic heterocycles. The van der Waals surface area contributed by atoms with E-state index in [0.29, 0.717) is 6.42 Å². The van der Waals surface area contributed by atoms with Crippen LogP contribution >= 0.6 is 0 Å². The molecular weight excluding hydrogens is 282 g/mol. The van der Waals surface area contributed by atoms with Gasteiger partial charge in [0.2, 0.25) is 5.91 Å². The average molecular weight is 301 g/mol. The van der Waals surface area contributed by atoms with Crippen molar-refractivity contribution in [2.45, 2.75) is 12.3 Å². The Balaban J connectivity index is 1.81. The van der Waals surface area contributed by atoms with Crippen molar-refractivity contribution in [3.8, 4) is 0 Å². The molecule has 0 spiro atoms. The highest BCUT2D eigenvalue weighted by molar-refractivity contribution is 5.91. The summed E-state index contributed by atoms with van der Waals surface area (Å²) in [6.07, 6.45) is 0.420. The Kier molecular flexibility index (Phi) is 4.85. The minimum atomic E-state index is 0.0221. The maximum atomic E-state index is 12.5. The van der Waals surface area contributed by atoms with Crippen molar-refractivity contribution in [3.63, 3.8) is 0 Å². The van der Waals surface area contributed by atoms with Crippen molar-refractivity contribution in [1.29, 1.82) is 0 Å². The summed E-state index contributed by atoms with van der Waals surface area (Å²) in [5.74, 6) is 0.0787. The molecule has 3 aromatic rings. The molecule has 2 nitrogen and oxygen atoms in total. The number of hydrogen-bond donors (Lipinski definition) is 1. The highest BCUT2D eigenvalue weighted by Gasteiger charge is 2.18. The number of rotatable bonds is 5. The van der Waals surface area contributed by atoms with E-state index in [1.54, 1.807) is 0 Å². The molecule has 3 aromatic carbocycles. The summed E-state index contributed by atoms with van der Waals surface area (Å²) in [4.78, 5) is 12.5. The molecular formula is C21H19NO. The van der Waals surface area contributed by atoms with E-state index in [4.69, 9.17) is 0 Å². The van der Waals surface area contributed by atoms with Crippen LogP contribution in [0.25, 0.3) is 0 Å². The Morgan fingerprint density at radius 1 is 0.696 bits per heavy atom. The SMILES string of the molecule is O=C(CC(c1ccccc1)c1ccccc1)Nc1ccccc1. The number of anilines is 1. The van der Waals surface area contributed by atoms with Gasteiger partial charge in [0.15, 0.2) is 0 Å². The Morgan fingerprint density at radius 3 is 1.61 bits per heavy atom. The molecule has 1 amide bonds. The molecule has 0 aliphatic rings. The second-order valence-electron chi connectivity index (χ2n) is 5.49. The number of hydrogen-bond acceptors (Lipinski definition) is 1. The zero-order valence-corrected chi connectivity index (χ0v) is 12.9. The van der Waals surface area contributed by atoms with Gasteiger partial charge in [-0.2, -0.15) is 0 Å². The van der Waals surface area contributed by atoms with Crippen molar-refractivity contribution in [2.24, 2.45) is 0 Å². The fourth-order valence-electron chi connectivity index (χ4n) is 2.72. The molecule has 0 atom stereocenters. The van der Waals surface area contributed by atoms with E-state index >= 15 is 0 Å². The molecule has 1 N–H and O–H groups in total. The molecule has 0 heterocycles. The third-order valence-electron chi connectivity index (χ3n) is 3.85. The van der Waals surface area contributed by atoms with Crippen molar-refractivity contribution in [3.05, 3.63) is 102 Å². The van der Waals surface area contributed by atoms with Crippen LogP contribution in [-0.2, 0) is 4.79 Å². The van der Waals surface area contributed by atoms with Crippen molar-refractivity contribution < 1.29 is 4.79 Å². The first kappa shape index (κ1) is 15.0. The summed E-state index contributed by atoms with van der Waals surface area (Å²) in [6, 6.07) is 29.9. The first-order chi connectivity index (χ1) is 11.3. The topological polar surface area (TPSA) is 29.1 Å². The highest BCUT2D eigenvalue weighted by atomic mass is 16.1. The molecule has 0 bridgehead atoms. The number of carbonyl (C=O) groups is 1. The summed E-state index contributed by atoms with van der Waals surface area (Å²) in [7, 11) is 0. The molecule has 0 aliphatic carbocycles. The molecule has 0 saturated carbocycles.